The van der Waals surface area contributed by atoms with Gasteiger partial charge in [-0.3, -0.25) is 4.79 Å². The topological polar surface area (TPSA) is 81.1 Å². The van der Waals surface area contributed by atoms with E-state index in [1.54, 1.807) is 18.7 Å². The highest BCUT2D eigenvalue weighted by atomic mass is 32.2. The average molecular weight is 283 g/mol. The van der Waals surface area contributed by atoms with Crippen LogP contribution in [0.4, 0.5) is 5.69 Å². The number of nitrogens with two attached hydrogens (primary N) is 2. The second-order valence-corrected chi connectivity index (χ2v) is 5.49. The first-order chi connectivity index (χ1) is 8.47. The van der Waals surface area contributed by atoms with Crippen molar-refractivity contribution in [1.82, 2.24) is 0 Å². The maximum absolute atomic E-state index is 11.1. The van der Waals surface area contributed by atoms with Gasteiger partial charge in [-0.25, -0.2) is 0 Å². The van der Waals surface area contributed by atoms with E-state index in [4.69, 9.17) is 23.7 Å². The SMILES string of the molecule is CCSc1cccc(NC(C)C(N)=O)c1C(N)=S. The number of amides is 1. The molecule has 1 aromatic carbocycles. The molecule has 4 nitrogen and oxygen atoms in total. The summed E-state index contributed by atoms with van der Waals surface area (Å²) in [4.78, 5) is 12.4. The molecule has 0 aliphatic rings. The van der Waals surface area contributed by atoms with Gasteiger partial charge in [-0.2, -0.15) is 0 Å². The minimum absolute atomic E-state index is 0.311. The molecule has 98 valence electrons. The summed E-state index contributed by atoms with van der Waals surface area (Å²) in [5, 5.41) is 3.03. The van der Waals surface area contributed by atoms with Crippen LogP contribution in [0.2, 0.25) is 0 Å². The zero-order valence-corrected chi connectivity index (χ0v) is 12.0. The Morgan fingerprint density at radius 1 is 1.50 bits per heavy atom. The molecule has 0 bridgehead atoms. The van der Waals surface area contributed by atoms with E-state index in [9.17, 15) is 4.79 Å². The van der Waals surface area contributed by atoms with Gasteiger partial charge < -0.3 is 16.8 Å². The van der Waals surface area contributed by atoms with E-state index >= 15 is 0 Å². The van der Waals surface area contributed by atoms with Crippen molar-refractivity contribution in [3.63, 3.8) is 0 Å². The second-order valence-electron chi connectivity index (χ2n) is 3.74. The number of primary amides is 1. The molecule has 6 heteroatoms. The summed E-state index contributed by atoms with van der Waals surface area (Å²) in [5.74, 6) is 0.502. The summed E-state index contributed by atoms with van der Waals surface area (Å²) in [6, 6.07) is 5.23. The number of benzene rings is 1. The summed E-state index contributed by atoms with van der Waals surface area (Å²) in [7, 11) is 0. The molecule has 0 fully saturated rings. The number of nitrogens with one attached hydrogen (secondary N) is 1. The molecule has 5 N–H and O–H groups in total. The van der Waals surface area contributed by atoms with Crippen LogP contribution in [-0.2, 0) is 4.79 Å². The number of rotatable bonds is 6. The molecule has 0 aromatic heterocycles. The highest BCUT2D eigenvalue weighted by Gasteiger charge is 2.15. The number of carbonyl (C=O) groups is 1. The summed E-state index contributed by atoms with van der Waals surface area (Å²) in [6.45, 7) is 3.76. The molecule has 1 rings (SSSR count). The van der Waals surface area contributed by atoms with Crippen LogP contribution in [0.3, 0.4) is 0 Å². The van der Waals surface area contributed by atoms with Crippen LogP contribution in [-0.4, -0.2) is 22.7 Å². The lowest BCUT2D eigenvalue weighted by atomic mass is 10.1. The van der Waals surface area contributed by atoms with Crippen molar-refractivity contribution < 1.29 is 4.79 Å². The van der Waals surface area contributed by atoms with E-state index in [1.165, 1.54) is 0 Å². The van der Waals surface area contributed by atoms with E-state index in [-0.39, 0.29) is 0 Å². The first-order valence-corrected chi connectivity index (χ1v) is 6.98. The fourth-order valence-electron chi connectivity index (χ4n) is 1.49. The van der Waals surface area contributed by atoms with Crippen molar-refractivity contribution in [1.29, 1.82) is 0 Å². The minimum atomic E-state index is -0.472. The van der Waals surface area contributed by atoms with Crippen LogP contribution < -0.4 is 16.8 Å². The fourth-order valence-corrected chi connectivity index (χ4v) is 2.62. The van der Waals surface area contributed by atoms with Crippen molar-refractivity contribution in [2.75, 3.05) is 11.1 Å². The Morgan fingerprint density at radius 3 is 2.67 bits per heavy atom. The molecule has 0 aliphatic heterocycles. The zero-order valence-electron chi connectivity index (χ0n) is 10.4. The van der Waals surface area contributed by atoms with Crippen LogP contribution in [0.25, 0.3) is 0 Å². The summed E-state index contributed by atoms with van der Waals surface area (Å²) < 4.78 is 0. The predicted octanol–water partition coefficient (Wildman–Crippen LogP) is 1.72. The standard InChI is InChI=1S/C12H17N3OS2/c1-3-18-9-6-4-5-8(10(9)12(14)17)15-7(2)11(13)16/h4-7,15H,3H2,1-2H3,(H2,13,16)(H2,14,17). The molecule has 1 amide bonds. The zero-order chi connectivity index (χ0) is 13.7. The lowest BCUT2D eigenvalue weighted by Gasteiger charge is -2.17. The molecule has 1 aromatic rings. The van der Waals surface area contributed by atoms with Gasteiger partial charge in [0.15, 0.2) is 0 Å². The molecule has 0 radical (unpaired) electrons. The maximum atomic E-state index is 11.1. The van der Waals surface area contributed by atoms with Crippen molar-refractivity contribution in [2.24, 2.45) is 11.5 Å². The fraction of sp³-hybridized carbons (Fsp3) is 0.333. The number of hydrogen-bond acceptors (Lipinski definition) is 4. The van der Waals surface area contributed by atoms with E-state index in [2.05, 4.69) is 12.2 Å². The molecule has 1 atom stereocenters. The van der Waals surface area contributed by atoms with Crippen molar-refractivity contribution >= 4 is 40.6 Å². The Morgan fingerprint density at radius 2 is 2.17 bits per heavy atom. The quantitative estimate of drug-likeness (QED) is 0.547. The van der Waals surface area contributed by atoms with Crippen LogP contribution in [0.15, 0.2) is 23.1 Å². The Hall–Kier alpha value is -1.27. The van der Waals surface area contributed by atoms with E-state index < -0.39 is 11.9 Å². The van der Waals surface area contributed by atoms with Gasteiger partial charge in [0.1, 0.15) is 11.0 Å². The largest absolute Gasteiger partial charge is 0.389 e. The summed E-state index contributed by atoms with van der Waals surface area (Å²) >= 11 is 6.73. The first-order valence-electron chi connectivity index (χ1n) is 5.58. The number of carbonyl (C=O) groups excluding carboxylic acids is 1. The highest BCUT2D eigenvalue weighted by molar-refractivity contribution is 7.99. The molecule has 0 heterocycles. The molecule has 1 unspecified atom stereocenters. The number of anilines is 1. The Balaban J connectivity index is 3.14. The van der Waals surface area contributed by atoms with Gasteiger partial charge in [0.2, 0.25) is 5.91 Å². The number of hydrogen-bond donors (Lipinski definition) is 3. The summed E-state index contributed by atoms with van der Waals surface area (Å²) in [5.41, 5.74) is 12.5. The van der Waals surface area contributed by atoms with Crippen LogP contribution in [0.1, 0.15) is 19.4 Å². The molecular formula is C12H17N3OS2. The highest BCUT2D eigenvalue weighted by Crippen LogP contribution is 2.28. The molecule has 0 aliphatic carbocycles. The summed E-state index contributed by atoms with van der Waals surface area (Å²) in [6.07, 6.45) is 0. The van der Waals surface area contributed by atoms with E-state index in [0.717, 1.165) is 21.9 Å². The third-order valence-electron chi connectivity index (χ3n) is 2.37. The lowest BCUT2D eigenvalue weighted by Crippen LogP contribution is -2.33. The Bertz CT molecular complexity index is 463. The predicted molar refractivity (Wildman–Crippen MR) is 81.0 cm³/mol. The Labute approximate surface area is 116 Å². The van der Waals surface area contributed by atoms with Gasteiger partial charge in [0.25, 0.3) is 0 Å². The molecule has 0 spiro atoms. The monoisotopic (exact) mass is 283 g/mol. The smallest absolute Gasteiger partial charge is 0.239 e. The lowest BCUT2D eigenvalue weighted by molar-refractivity contribution is -0.118. The second kappa shape index (κ2) is 6.61. The van der Waals surface area contributed by atoms with Crippen LogP contribution >= 0.6 is 24.0 Å². The van der Waals surface area contributed by atoms with Gasteiger partial charge in [0.05, 0.1) is 0 Å². The van der Waals surface area contributed by atoms with Crippen LogP contribution in [0.5, 0.6) is 0 Å². The van der Waals surface area contributed by atoms with Gasteiger partial charge in [-0.15, -0.1) is 11.8 Å². The molecule has 0 saturated carbocycles. The van der Waals surface area contributed by atoms with E-state index in [1.807, 2.05) is 18.2 Å². The Kier molecular flexibility index (Phi) is 5.43. The molecule has 0 saturated heterocycles. The van der Waals surface area contributed by atoms with E-state index in [0.29, 0.717) is 4.99 Å². The van der Waals surface area contributed by atoms with Gasteiger partial charge >= 0.3 is 0 Å². The molecular weight excluding hydrogens is 266 g/mol. The number of thiocarbonyl (C=S) groups is 1. The average Bonchev–Trinajstić information content (AvgIpc) is 2.29. The normalized spacial score (nSPS) is 11.9. The minimum Gasteiger partial charge on any atom is -0.389 e. The van der Waals surface area contributed by atoms with Gasteiger partial charge in [0, 0.05) is 16.1 Å². The number of thioether (sulfide) groups is 1. The van der Waals surface area contributed by atoms with Crippen molar-refractivity contribution in [3.05, 3.63) is 23.8 Å². The third kappa shape index (κ3) is 3.61. The van der Waals surface area contributed by atoms with Gasteiger partial charge in [-0.1, -0.05) is 25.2 Å². The maximum Gasteiger partial charge on any atom is 0.239 e. The van der Waals surface area contributed by atoms with Crippen molar-refractivity contribution in [2.45, 2.75) is 24.8 Å². The van der Waals surface area contributed by atoms with Gasteiger partial charge in [-0.05, 0) is 24.8 Å². The molecule has 18 heavy (non-hydrogen) atoms. The first kappa shape index (κ1) is 14.8. The van der Waals surface area contributed by atoms with Crippen LogP contribution in [0, 0.1) is 0 Å². The van der Waals surface area contributed by atoms with Crippen molar-refractivity contribution in [3.8, 4) is 0 Å². The third-order valence-corrected chi connectivity index (χ3v) is 3.52.